The second kappa shape index (κ2) is 18.2. The van der Waals surface area contributed by atoms with Gasteiger partial charge in [0.2, 0.25) is 0 Å². The molecule has 110 valence electrons. The minimum absolute atomic E-state index is 1.18. The average molecular weight is 282 g/mol. The second-order valence-corrected chi connectivity index (χ2v) is 6.55. The van der Waals surface area contributed by atoms with Crippen LogP contribution in [0.25, 0.3) is 0 Å². The van der Waals surface area contributed by atoms with Crippen molar-refractivity contribution in [1.29, 1.82) is 0 Å². The van der Waals surface area contributed by atoms with Crippen LogP contribution < -0.4 is 0 Å². The van der Waals surface area contributed by atoms with Gasteiger partial charge in [-0.15, -0.1) is 0 Å². The van der Waals surface area contributed by atoms with Crippen LogP contribution in [0.4, 0.5) is 0 Å². The predicted molar refractivity (Wildman–Crippen MR) is 90.1 cm³/mol. The first-order valence-electron chi connectivity index (χ1n) is 9.06. The van der Waals surface area contributed by atoms with Crippen LogP contribution in [-0.2, 0) is 0 Å². The van der Waals surface area contributed by atoms with Crippen LogP contribution in [0.1, 0.15) is 110 Å². The van der Waals surface area contributed by atoms with E-state index in [0.29, 0.717) is 0 Å². The van der Waals surface area contributed by atoms with Crippen molar-refractivity contribution in [1.82, 2.24) is 0 Å². The number of hydrogen-bond donors (Lipinski definition) is 0. The molecular weight excluding hydrogens is 244 g/mol. The van der Waals surface area contributed by atoms with Gasteiger partial charge in [0, 0.05) is 0 Å². The first-order chi connectivity index (χ1) is 9.41. The molecule has 0 nitrogen and oxygen atoms in total. The molecule has 0 aromatic heterocycles. The Bertz CT molecular complexity index is 129. The van der Waals surface area contributed by atoms with Crippen molar-refractivity contribution in [2.24, 2.45) is 0 Å². The van der Waals surface area contributed by atoms with Gasteiger partial charge < -0.3 is 0 Å². The van der Waals surface area contributed by atoms with Crippen molar-refractivity contribution in [3.8, 4) is 0 Å². The summed E-state index contributed by atoms with van der Waals surface area (Å²) in [7, 11) is 3.53. The summed E-state index contributed by atoms with van der Waals surface area (Å²) in [4.78, 5) is 0. The van der Waals surface area contributed by atoms with Gasteiger partial charge in [0.1, 0.15) is 0 Å². The van der Waals surface area contributed by atoms with E-state index in [9.17, 15) is 0 Å². The summed E-state index contributed by atoms with van der Waals surface area (Å²) in [6.07, 6.45) is 23.3. The van der Waals surface area contributed by atoms with Crippen LogP contribution in [0, 0.1) is 0 Å². The quantitative estimate of drug-likeness (QED) is 0.215. The van der Waals surface area contributed by atoms with Gasteiger partial charge in [-0.3, -0.25) is 0 Å². The summed E-state index contributed by atoms with van der Waals surface area (Å²) >= 11 is 0. The van der Waals surface area contributed by atoms with E-state index in [1.165, 1.54) is 109 Å². The zero-order chi connectivity index (χ0) is 14.0. The zero-order valence-corrected chi connectivity index (χ0v) is 14.5. The molecule has 0 unspecified atom stereocenters. The van der Waals surface area contributed by atoms with Gasteiger partial charge in [-0.2, -0.15) is 0 Å². The molecule has 0 atom stereocenters. The van der Waals surface area contributed by atoms with Crippen LogP contribution in [0.3, 0.4) is 0 Å². The third-order valence-electron chi connectivity index (χ3n) is 4.03. The Morgan fingerprint density at radius 2 is 0.684 bits per heavy atom. The zero-order valence-electron chi connectivity index (χ0n) is 13.5. The Labute approximate surface area is 126 Å². The molecule has 0 bridgehead atoms. The Kier molecular flexibility index (Phi) is 18.4. The van der Waals surface area contributed by atoms with E-state index in [1.807, 2.05) is 0 Å². The molecule has 0 N–H and O–H groups in total. The molecule has 0 heterocycles. The summed E-state index contributed by atoms with van der Waals surface area (Å²) < 4.78 is 0. The minimum atomic E-state index is 1.18. The summed E-state index contributed by atoms with van der Waals surface area (Å²) in [5.74, 6) is 0. The van der Waals surface area contributed by atoms with E-state index >= 15 is 0 Å². The van der Waals surface area contributed by atoms with Crippen LogP contribution in [0.5, 0.6) is 0 Å². The van der Waals surface area contributed by atoms with Gasteiger partial charge in [0.25, 0.3) is 0 Å². The van der Waals surface area contributed by atoms with E-state index in [4.69, 9.17) is 0 Å². The molecule has 0 aliphatic rings. The summed E-state index contributed by atoms with van der Waals surface area (Å²) in [5.41, 5.74) is 0. The third-order valence-corrected chi connectivity index (χ3v) is 4.38. The average Bonchev–Trinajstić information content (AvgIpc) is 2.43. The van der Waals surface area contributed by atoms with E-state index in [0.717, 1.165) is 0 Å². The van der Waals surface area contributed by atoms with Gasteiger partial charge in [-0.25, -0.2) is 0 Å². The van der Waals surface area contributed by atoms with Crippen molar-refractivity contribution >= 4 is 10.2 Å². The normalized spacial score (nSPS) is 11.1. The van der Waals surface area contributed by atoms with Crippen LogP contribution >= 0.6 is 0 Å². The van der Waals surface area contributed by atoms with E-state index in [1.54, 1.807) is 0 Å². The van der Waals surface area contributed by atoms with E-state index in [2.05, 4.69) is 17.2 Å². The molecule has 0 radical (unpaired) electrons. The first kappa shape index (κ1) is 19.2. The van der Waals surface area contributed by atoms with Gasteiger partial charge in [0.05, 0.1) is 0 Å². The standard InChI is InChI=1S/C18H37Si/c1-2-3-4-5-6-7-8-9-10-11-12-13-14-15-16-17-18-19/h2-18H2,1H3/q+3. The van der Waals surface area contributed by atoms with Crippen molar-refractivity contribution in [2.75, 3.05) is 0 Å². The van der Waals surface area contributed by atoms with Crippen molar-refractivity contribution < 1.29 is 0 Å². The predicted octanol–water partition coefficient (Wildman–Crippen LogP) is 6.83. The number of hydrogen-bond acceptors (Lipinski definition) is 0. The summed E-state index contributed by atoms with van der Waals surface area (Å²) in [6.45, 7) is 2.29. The van der Waals surface area contributed by atoms with Crippen LogP contribution in [0.15, 0.2) is 0 Å². The maximum absolute atomic E-state index is 3.53. The fourth-order valence-electron chi connectivity index (χ4n) is 2.67. The molecule has 0 amide bonds. The number of rotatable bonds is 16. The van der Waals surface area contributed by atoms with Gasteiger partial charge in [-0.1, -0.05) is 39.0 Å². The Morgan fingerprint density at radius 3 is 0.947 bits per heavy atom. The van der Waals surface area contributed by atoms with E-state index < -0.39 is 0 Å². The molecule has 0 aromatic rings. The van der Waals surface area contributed by atoms with Crippen molar-refractivity contribution in [3.05, 3.63) is 0 Å². The molecule has 0 fully saturated rings. The Hall–Kier alpha value is 0.217. The fourth-order valence-corrected chi connectivity index (χ4v) is 2.92. The topological polar surface area (TPSA) is 0 Å². The summed E-state index contributed by atoms with van der Waals surface area (Å²) in [6, 6.07) is 1.18. The van der Waals surface area contributed by atoms with Crippen LogP contribution in [0.2, 0.25) is 6.04 Å². The van der Waals surface area contributed by atoms with E-state index in [-0.39, 0.29) is 0 Å². The molecule has 0 aliphatic carbocycles. The number of unbranched alkanes of at least 4 members (excludes halogenated alkanes) is 15. The van der Waals surface area contributed by atoms with Gasteiger partial charge >= 0.3 is 86.9 Å². The molecule has 19 heavy (non-hydrogen) atoms. The van der Waals surface area contributed by atoms with Gasteiger partial charge in [-0.05, 0) is 0 Å². The molecule has 0 rings (SSSR count). The summed E-state index contributed by atoms with van der Waals surface area (Å²) in [5, 5.41) is 0. The third kappa shape index (κ3) is 18.2. The second-order valence-electron chi connectivity index (χ2n) is 6.05. The van der Waals surface area contributed by atoms with Crippen LogP contribution in [-0.4, -0.2) is 10.2 Å². The Morgan fingerprint density at radius 1 is 0.421 bits per heavy atom. The molecule has 0 saturated carbocycles. The monoisotopic (exact) mass is 281 g/mol. The fraction of sp³-hybridized carbons (Fsp3) is 1.00. The van der Waals surface area contributed by atoms with Gasteiger partial charge in [0.15, 0.2) is 0 Å². The molecule has 1 heteroatoms. The van der Waals surface area contributed by atoms with Crippen molar-refractivity contribution in [2.45, 2.75) is 116 Å². The SMILES string of the molecule is CCCCCCCCCCCCCCCCCC[Si+3]. The molecule has 0 saturated heterocycles. The van der Waals surface area contributed by atoms with Crippen molar-refractivity contribution in [3.63, 3.8) is 0 Å². The first-order valence-corrected chi connectivity index (χ1v) is 9.77. The molecule has 0 aromatic carbocycles. The maximum atomic E-state index is 3.53. The molecule has 0 aliphatic heterocycles. The molecular formula is C18H37Si+3. The molecule has 0 spiro atoms. The Balaban J connectivity index is 2.88.